The highest BCUT2D eigenvalue weighted by atomic mass is 35.5. The third kappa shape index (κ3) is 4.17. The van der Waals surface area contributed by atoms with Crippen LogP contribution in [0.4, 0.5) is 0 Å². The third-order valence-electron chi connectivity index (χ3n) is 5.22. The normalized spacial score (nSPS) is 16.0. The zero-order valence-electron chi connectivity index (χ0n) is 14.8. The monoisotopic (exact) mass is 366 g/mol. The third-order valence-corrected chi connectivity index (χ3v) is 5.47. The summed E-state index contributed by atoms with van der Waals surface area (Å²) in [5, 5.41) is 5.06. The van der Waals surface area contributed by atoms with Gasteiger partial charge in [-0.3, -0.25) is 0 Å². The summed E-state index contributed by atoms with van der Waals surface area (Å²) in [4.78, 5) is 2.56. The van der Waals surface area contributed by atoms with Crippen molar-refractivity contribution in [2.75, 3.05) is 19.6 Å². The lowest BCUT2D eigenvalue weighted by Gasteiger charge is -2.30. The average molecular weight is 367 g/mol. The van der Waals surface area contributed by atoms with Crippen LogP contribution in [0, 0.1) is 0 Å². The number of hydrogen-bond acceptors (Lipinski definition) is 3. The standard InChI is InChI=1S/C22H23ClN2O/c23-20-8-6-19(7-9-20)22-16-21(24-26-22)18-11-14-25(15-12-18)13-10-17-4-2-1-3-5-17/h1-9,16,18H,10-15H2. The second kappa shape index (κ2) is 8.07. The lowest BCUT2D eigenvalue weighted by atomic mass is 9.93. The van der Waals surface area contributed by atoms with E-state index in [1.165, 1.54) is 5.56 Å². The molecule has 1 aliphatic heterocycles. The van der Waals surface area contributed by atoms with Gasteiger partial charge in [0.25, 0.3) is 0 Å². The first-order valence-corrected chi connectivity index (χ1v) is 9.64. The van der Waals surface area contributed by atoms with Crippen molar-refractivity contribution in [3.8, 4) is 11.3 Å². The lowest BCUT2D eigenvalue weighted by Crippen LogP contribution is -2.34. The summed E-state index contributed by atoms with van der Waals surface area (Å²) in [7, 11) is 0. The van der Waals surface area contributed by atoms with Crippen LogP contribution in [0.15, 0.2) is 65.2 Å². The predicted molar refractivity (Wildman–Crippen MR) is 106 cm³/mol. The summed E-state index contributed by atoms with van der Waals surface area (Å²) in [5.41, 5.74) is 3.52. The number of nitrogens with zero attached hydrogens (tertiary/aromatic N) is 2. The molecule has 0 bridgehead atoms. The number of piperidine rings is 1. The molecule has 4 rings (SSSR count). The smallest absolute Gasteiger partial charge is 0.167 e. The molecule has 4 heteroatoms. The van der Waals surface area contributed by atoms with Gasteiger partial charge in [-0.15, -0.1) is 0 Å². The van der Waals surface area contributed by atoms with Gasteiger partial charge in [-0.1, -0.05) is 47.1 Å². The van der Waals surface area contributed by atoms with Crippen molar-refractivity contribution in [3.05, 3.63) is 76.9 Å². The van der Waals surface area contributed by atoms with Crippen LogP contribution in [0.5, 0.6) is 0 Å². The Morgan fingerprint density at radius 2 is 1.73 bits per heavy atom. The van der Waals surface area contributed by atoms with E-state index in [9.17, 15) is 0 Å². The van der Waals surface area contributed by atoms with Crippen molar-refractivity contribution in [1.29, 1.82) is 0 Å². The summed E-state index contributed by atoms with van der Waals surface area (Å²) in [6.45, 7) is 3.38. The molecular weight excluding hydrogens is 344 g/mol. The highest BCUT2D eigenvalue weighted by Gasteiger charge is 2.23. The Morgan fingerprint density at radius 1 is 1.00 bits per heavy atom. The SMILES string of the molecule is Clc1ccc(-c2cc(C3CCN(CCc4ccccc4)CC3)no2)cc1. The van der Waals surface area contributed by atoms with E-state index in [0.29, 0.717) is 5.92 Å². The molecule has 26 heavy (non-hydrogen) atoms. The summed E-state index contributed by atoms with van der Waals surface area (Å²) in [6, 6.07) is 20.5. The van der Waals surface area contributed by atoms with E-state index < -0.39 is 0 Å². The van der Waals surface area contributed by atoms with E-state index in [0.717, 1.165) is 60.9 Å². The van der Waals surface area contributed by atoms with Crippen LogP contribution in [-0.4, -0.2) is 29.7 Å². The molecule has 2 aromatic carbocycles. The van der Waals surface area contributed by atoms with Gasteiger partial charge in [0.05, 0.1) is 5.69 Å². The molecule has 3 nitrogen and oxygen atoms in total. The molecule has 0 amide bonds. The molecule has 0 unspecified atom stereocenters. The van der Waals surface area contributed by atoms with Crippen molar-refractivity contribution in [1.82, 2.24) is 10.1 Å². The van der Waals surface area contributed by atoms with Gasteiger partial charge in [-0.05, 0) is 62.2 Å². The molecule has 3 aromatic rings. The Hall–Kier alpha value is -2.10. The highest BCUT2D eigenvalue weighted by molar-refractivity contribution is 6.30. The van der Waals surface area contributed by atoms with Crippen LogP contribution in [0.2, 0.25) is 5.02 Å². The van der Waals surface area contributed by atoms with E-state index in [2.05, 4.69) is 46.5 Å². The van der Waals surface area contributed by atoms with Crippen LogP contribution in [0.25, 0.3) is 11.3 Å². The highest BCUT2D eigenvalue weighted by Crippen LogP contribution is 2.31. The molecule has 0 radical (unpaired) electrons. The van der Waals surface area contributed by atoms with Crippen molar-refractivity contribution < 1.29 is 4.52 Å². The van der Waals surface area contributed by atoms with E-state index in [4.69, 9.17) is 16.1 Å². The van der Waals surface area contributed by atoms with Crippen molar-refractivity contribution >= 4 is 11.6 Å². The van der Waals surface area contributed by atoms with Crippen LogP contribution >= 0.6 is 11.6 Å². The second-order valence-corrected chi connectivity index (χ2v) is 7.41. The largest absolute Gasteiger partial charge is 0.356 e. The van der Waals surface area contributed by atoms with Crippen LogP contribution in [0.1, 0.15) is 30.0 Å². The number of benzene rings is 2. The molecule has 0 N–H and O–H groups in total. The molecule has 134 valence electrons. The Morgan fingerprint density at radius 3 is 2.46 bits per heavy atom. The summed E-state index contributed by atoms with van der Waals surface area (Å²) in [5.74, 6) is 1.32. The number of aromatic nitrogens is 1. The Labute approximate surface area is 159 Å². The van der Waals surface area contributed by atoms with Crippen LogP contribution in [0.3, 0.4) is 0 Å². The molecule has 0 atom stereocenters. The first-order valence-electron chi connectivity index (χ1n) is 9.27. The van der Waals surface area contributed by atoms with Crippen LogP contribution in [-0.2, 0) is 6.42 Å². The molecule has 1 fully saturated rings. The maximum Gasteiger partial charge on any atom is 0.167 e. The Balaban J connectivity index is 1.31. The zero-order chi connectivity index (χ0) is 17.8. The first kappa shape index (κ1) is 17.3. The minimum absolute atomic E-state index is 0.493. The van der Waals surface area contributed by atoms with Crippen LogP contribution < -0.4 is 0 Å². The van der Waals surface area contributed by atoms with Gasteiger partial charge in [0, 0.05) is 29.1 Å². The van der Waals surface area contributed by atoms with E-state index in [1.807, 2.05) is 24.3 Å². The fraction of sp³-hybridized carbons (Fsp3) is 0.318. The Kier molecular flexibility index (Phi) is 5.37. The molecule has 0 spiro atoms. The van der Waals surface area contributed by atoms with Gasteiger partial charge in [-0.25, -0.2) is 0 Å². The maximum atomic E-state index is 5.95. The summed E-state index contributed by atoms with van der Waals surface area (Å²) in [6.07, 6.45) is 3.40. The van der Waals surface area contributed by atoms with E-state index in [-0.39, 0.29) is 0 Å². The number of hydrogen-bond donors (Lipinski definition) is 0. The molecular formula is C22H23ClN2O. The van der Waals surface area contributed by atoms with E-state index in [1.54, 1.807) is 0 Å². The fourth-order valence-electron chi connectivity index (χ4n) is 3.62. The van der Waals surface area contributed by atoms with E-state index >= 15 is 0 Å². The molecule has 0 aliphatic carbocycles. The minimum atomic E-state index is 0.493. The molecule has 1 saturated heterocycles. The Bertz CT molecular complexity index is 821. The molecule has 2 heterocycles. The predicted octanol–water partition coefficient (Wildman–Crippen LogP) is 5.42. The summed E-state index contributed by atoms with van der Waals surface area (Å²) >= 11 is 5.95. The number of halogens is 1. The van der Waals surface area contributed by atoms with Gasteiger partial charge in [0.15, 0.2) is 5.76 Å². The quantitative estimate of drug-likeness (QED) is 0.604. The van der Waals surface area contributed by atoms with Gasteiger partial charge in [-0.2, -0.15) is 0 Å². The lowest BCUT2D eigenvalue weighted by molar-refractivity contribution is 0.211. The van der Waals surface area contributed by atoms with Gasteiger partial charge < -0.3 is 9.42 Å². The molecule has 1 aromatic heterocycles. The summed E-state index contributed by atoms with van der Waals surface area (Å²) < 4.78 is 5.57. The topological polar surface area (TPSA) is 29.3 Å². The fourth-order valence-corrected chi connectivity index (χ4v) is 3.74. The van der Waals surface area contributed by atoms with Crippen molar-refractivity contribution in [3.63, 3.8) is 0 Å². The number of likely N-dealkylation sites (tertiary alicyclic amines) is 1. The maximum absolute atomic E-state index is 5.95. The van der Waals surface area contributed by atoms with Gasteiger partial charge >= 0.3 is 0 Å². The average Bonchev–Trinajstić information content (AvgIpc) is 3.18. The van der Waals surface area contributed by atoms with Crippen molar-refractivity contribution in [2.24, 2.45) is 0 Å². The zero-order valence-corrected chi connectivity index (χ0v) is 15.5. The van der Waals surface area contributed by atoms with Gasteiger partial charge in [0.2, 0.25) is 0 Å². The number of rotatable bonds is 5. The van der Waals surface area contributed by atoms with Gasteiger partial charge in [0.1, 0.15) is 0 Å². The minimum Gasteiger partial charge on any atom is -0.356 e. The first-order chi connectivity index (χ1) is 12.8. The molecule has 1 aliphatic rings. The molecule has 0 saturated carbocycles. The second-order valence-electron chi connectivity index (χ2n) is 6.97. The van der Waals surface area contributed by atoms with Crippen molar-refractivity contribution in [2.45, 2.75) is 25.2 Å².